The summed E-state index contributed by atoms with van der Waals surface area (Å²) in [6.45, 7) is 5.98. The maximum atomic E-state index is 5.60. The van der Waals surface area contributed by atoms with E-state index >= 15 is 0 Å². The molecule has 27 heavy (non-hydrogen) atoms. The van der Waals surface area contributed by atoms with Gasteiger partial charge in [0.05, 0.1) is 26.1 Å². The summed E-state index contributed by atoms with van der Waals surface area (Å²) in [5, 5.41) is 6.65. The maximum absolute atomic E-state index is 5.60. The first kappa shape index (κ1) is 19.0. The fraction of sp³-hybridized carbons (Fsp3) is 0.300. The van der Waals surface area contributed by atoms with E-state index in [2.05, 4.69) is 10.1 Å². The molecule has 0 spiro atoms. The average molecular weight is 385 g/mol. The Morgan fingerprint density at radius 3 is 2.59 bits per heavy atom. The van der Waals surface area contributed by atoms with Gasteiger partial charge in [-0.2, -0.15) is 5.10 Å². The molecular weight excluding hydrogens is 362 g/mol. The summed E-state index contributed by atoms with van der Waals surface area (Å²) in [5.41, 5.74) is 1.75. The number of hydrogen-bond donors (Lipinski definition) is 0. The van der Waals surface area contributed by atoms with Gasteiger partial charge in [-0.15, -0.1) is 11.3 Å². The number of hydrogen-bond acceptors (Lipinski definition) is 6. The minimum atomic E-state index is 0.149. The summed E-state index contributed by atoms with van der Waals surface area (Å²) in [6, 6.07) is 9.63. The summed E-state index contributed by atoms with van der Waals surface area (Å²) in [5.74, 6) is 3.01. The van der Waals surface area contributed by atoms with E-state index in [1.165, 1.54) is 11.3 Å². The van der Waals surface area contributed by atoms with Crippen LogP contribution in [-0.2, 0) is 0 Å². The second kappa shape index (κ2) is 8.26. The van der Waals surface area contributed by atoms with Crippen molar-refractivity contribution in [1.29, 1.82) is 0 Å². The molecule has 3 rings (SSSR count). The van der Waals surface area contributed by atoms with Crippen LogP contribution in [0.1, 0.15) is 25.4 Å². The van der Waals surface area contributed by atoms with Crippen molar-refractivity contribution in [2.24, 2.45) is 10.1 Å². The normalized spacial score (nSPS) is 12.3. The van der Waals surface area contributed by atoms with Crippen LogP contribution in [0.15, 0.2) is 50.2 Å². The van der Waals surface area contributed by atoms with Crippen LogP contribution in [0.5, 0.6) is 11.5 Å². The van der Waals surface area contributed by atoms with Gasteiger partial charge in [-0.05, 0) is 51.1 Å². The Kier molecular flexibility index (Phi) is 5.81. The number of aromatic nitrogens is 1. The van der Waals surface area contributed by atoms with E-state index in [1.54, 1.807) is 25.1 Å². The second-order valence-corrected chi connectivity index (χ2v) is 7.03. The zero-order valence-corrected chi connectivity index (χ0v) is 16.9. The van der Waals surface area contributed by atoms with Crippen molar-refractivity contribution in [3.8, 4) is 22.8 Å². The molecule has 142 valence electrons. The predicted molar refractivity (Wildman–Crippen MR) is 108 cm³/mol. The molecule has 0 aliphatic rings. The molecule has 0 saturated heterocycles. The van der Waals surface area contributed by atoms with Crippen LogP contribution in [0.2, 0.25) is 0 Å². The first-order chi connectivity index (χ1) is 13.0. The standard InChI is InChI=1S/C20H23N3O3S/c1-13(2)22-20-23(21-11-16-7-6-14(3)26-16)18(12-27-20)17-10-15(24-4)8-9-19(17)25-5/h6-13H,1-5H3. The number of rotatable bonds is 6. The molecule has 0 atom stereocenters. The van der Waals surface area contributed by atoms with Crippen LogP contribution >= 0.6 is 11.3 Å². The van der Waals surface area contributed by atoms with Crippen LogP contribution in [0.25, 0.3) is 11.3 Å². The smallest absolute Gasteiger partial charge is 0.206 e. The van der Waals surface area contributed by atoms with Crippen LogP contribution in [0, 0.1) is 6.92 Å². The zero-order valence-electron chi connectivity index (χ0n) is 16.1. The van der Waals surface area contributed by atoms with Crippen molar-refractivity contribution in [2.75, 3.05) is 14.2 Å². The van der Waals surface area contributed by atoms with Crippen molar-refractivity contribution < 1.29 is 13.9 Å². The van der Waals surface area contributed by atoms with Crippen LogP contribution in [-0.4, -0.2) is 31.2 Å². The Balaban J connectivity index is 2.17. The number of aryl methyl sites for hydroxylation is 1. The van der Waals surface area contributed by atoms with Gasteiger partial charge in [0.25, 0.3) is 0 Å². The van der Waals surface area contributed by atoms with E-state index in [4.69, 9.17) is 13.9 Å². The van der Waals surface area contributed by atoms with Crippen LogP contribution < -0.4 is 14.3 Å². The molecule has 6 nitrogen and oxygen atoms in total. The molecule has 1 aromatic carbocycles. The molecule has 3 aromatic rings. The Bertz CT molecular complexity index is 1010. The lowest BCUT2D eigenvalue weighted by molar-refractivity contribution is 0.404. The summed E-state index contributed by atoms with van der Waals surface area (Å²) >= 11 is 1.53. The van der Waals surface area contributed by atoms with Crippen LogP contribution in [0.4, 0.5) is 0 Å². The first-order valence-corrected chi connectivity index (χ1v) is 9.47. The molecule has 2 heterocycles. The molecule has 0 unspecified atom stereocenters. The third kappa shape index (κ3) is 4.31. The van der Waals surface area contributed by atoms with E-state index in [0.717, 1.165) is 33.3 Å². The molecule has 0 N–H and O–H groups in total. The van der Waals surface area contributed by atoms with Gasteiger partial charge in [0.2, 0.25) is 4.80 Å². The lowest BCUT2D eigenvalue weighted by Gasteiger charge is -2.11. The van der Waals surface area contributed by atoms with Gasteiger partial charge in [0.1, 0.15) is 23.0 Å². The van der Waals surface area contributed by atoms with Crippen molar-refractivity contribution in [2.45, 2.75) is 26.8 Å². The molecule has 7 heteroatoms. The number of methoxy groups -OCH3 is 2. The lowest BCUT2D eigenvalue weighted by atomic mass is 10.1. The summed E-state index contributed by atoms with van der Waals surface area (Å²) in [6.07, 6.45) is 1.69. The second-order valence-electron chi connectivity index (χ2n) is 6.20. The molecule has 2 aromatic heterocycles. The minimum Gasteiger partial charge on any atom is -0.497 e. The molecule has 0 aliphatic heterocycles. The molecule has 0 aliphatic carbocycles. The predicted octanol–water partition coefficient (Wildman–Crippen LogP) is 4.33. The largest absolute Gasteiger partial charge is 0.497 e. The third-order valence-electron chi connectivity index (χ3n) is 3.80. The Labute approximate surface area is 162 Å². The molecule has 0 amide bonds. The Morgan fingerprint density at radius 2 is 1.96 bits per heavy atom. The number of furan rings is 1. The molecular formula is C20H23N3O3S. The fourth-order valence-corrected chi connectivity index (χ4v) is 3.52. The van der Waals surface area contributed by atoms with E-state index in [0.29, 0.717) is 5.76 Å². The summed E-state index contributed by atoms with van der Waals surface area (Å²) in [4.78, 5) is 5.48. The SMILES string of the molecule is COc1ccc(OC)c(-c2csc(=NC(C)C)n2N=Cc2ccc(C)o2)c1. The van der Waals surface area contributed by atoms with Crippen LogP contribution in [0.3, 0.4) is 0 Å². The monoisotopic (exact) mass is 385 g/mol. The molecule has 0 bridgehead atoms. The number of thiazole rings is 1. The maximum Gasteiger partial charge on any atom is 0.206 e. The molecule has 0 radical (unpaired) electrons. The summed E-state index contributed by atoms with van der Waals surface area (Å²) < 4.78 is 18.3. The van der Waals surface area contributed by atoms with E-state index in [9.17, 15) is 0 Å². The van der Waals surface area contributed by atoms with Gasteiger partial charge >= 0.3 is 0 Å². The number of ether oxygens (including phenoxy) is 2. The summed E-state index contributed by atoms with van der Waals surface area (Å²) in [7, 11) is 3.29. The molecule has 0 saturated carbocycles. The highest BCUT2D eigenvalue weighted by atomic mass is 32.1. The topological polar surface area (TPSA) is 61.2 Å². The van der Waals surface area contributed by atoms with Gasteiger partial charge in [-0.25, -0.2) is 4.68 Å². The van der Waals surface area contributed by atoms with Crippen molar-refractivity contribution in [1.82, 2.24) is 4.68 Å². The van der Waals surface area contributed by atoms with E-state index in [1.807, 2.05) is 56.5 Å². The van der Waals surface area contributed by atoms with Crippen molar-refractivity contribution in [3.05, 3.63) is 52.0 Å². The zero-order chi connectivity index (χ0) is 19.4. The molecule has 0 fully saturated rings. The average Bonchev–Trinajstić information content (AvgIpc) is 3.24. The van der Waals surface area contributed by atoms with Gasteiger partial charge in [0.15, 0.2) is 0 Å². The van der Waals surface area contributed by atoms with Gasteiger partial charge < -0.3 is 13.9 Å². The van der Waals surface area contributed by atoms with E-state index < -0.39 is 0 Å². The van der Waals surface area contributed by atoms with Gasteiger partial charge in [0, 0.05) is 17.0 Å². The Hall–Kier alpha value is -2.80. The third-order valence-corrected chi connectivity index (χ3v) is 4.63. The highest BCUT2D eigenvalue weighted by Gasteiger charge is 2.14. The van der Waals surface area contributed by atoms with Crippen molar-refractivity contribution >= 4 is 17.6 Å². The number of nitrogens with zero attached hydrogens (tertiary/aromatic N) is 3. The highest BCUT2D eigenvalue weighted by Crippen LogP contribution is 2.33. The first-order valence-electron chi connectivity index (χ1n) is 8.59. The minimum absolute atomic E-state index is 0.149. The fourth-order valence-electron chi connectivity index (χ4n) is 2.56. The lowest BCUT2D eigenvalue weighted by Crippen LogP contribution is -2.14. The van der Waals surface area contributed by atoms with Crippen molar-refractivity contribution in [3.63, 3.8) is 0 Å². The Morgan fingerprint density at radius 1 is 1.15 bits per heavy atom. The van der Waals surface area contributed by atoms with E-state index in [-0.39, 0.29) is 6.04 Å². The highest BCUT2D eigenvalue weighted by molar-refractivity contribution is 7.07. The number of benzene rings is 1. The van der Waals surface area contributed by atoms with Gasteiger partial charge in [-0.3, -0.25) is 4.99 Å². The quantitative estimate of drug-likeness (QED) is 0.594. The van der Waals surface area contributed by atoms with Gasteiger partial charge in [-0.1, -0.05) is 0 Å².